The van der Waals surface area contributed by atoms with E-state index < -0.39 is 11.6 Å². The molecule has 0 aromatic heterocycles. The summed E-state index contributed by atoms with van der Waals surface area (Å²) in [6.45, 7) is 6.43. The van der Waals surface area contributed by atoms with Gasteiger partial charge in [-0.3, -0.25) is 9.69 Å². The molecule has 2 heterocycles. The summed E-state index contributed by atoms with van der Waals surface area (Å²) in [4.78, 5) is 16.9. The van der Waals surface area contributed by atoms with Crippen LogP contribution in [0.4, 0.5) is 5.69 Å². The van der Waals surface area contributed by atoms with Gasteiger partial charge in [-0.1, -0.05) is 29.8 Å². The smallest absolute Gasteiger partial charge is 0.233 e. The van der Waals surface area contributed by atoms with Gasteiger partial charge < -0.3 is 19.7 Å². The second kappa shape index (κ2) is 7.47. The number of ether oxygens (including phenoxy) is 2. The van der Waals surface area contributed by atoms with E-state index in [1.54, 1.807) is 19.0 Å². The molecule has 2 aromatic rings. The van der Waals surface area contributed by atoms with E-state index in [1.165, 1.54) is 0 Å². The maximum absolute atomic E-state index is 13.4. The van der Waals surface area contributed by atoms with Gasteiger partial charge in [-0.05, 0) is 51.2 Å². The predicted molar refractivity (Wildman–Crippen MR) is 121 cm³/mol. The Balaban J connectivity index is 1.92. The molecule has 0 aliphatic carbocycles. The number of amides is 1. The molecule has 4 rings (SSSR count). The molecule has 1 saturated heterocycles. The molecule has 0 spiro atoms. The number of nitrogens with zero attached hydrogens (tertiary/aromatic N) is 2. The minimum absolute atomic E-state index is 0.0259. The molecule has 30 heavy (non-hydrogen) atoms. The number of rotatable bonds is 4. The maximum Gasteiger partial charge on any atom is 0.233 e. The first-order valence-electron chi connectivity index (χ1n) is 10.1. The van der Waals surface area contributed by atoms with Gasteiger partial charge >= 0.3 is 0 Å². The molecule has 1 amide bonds. The number of anilines is 1. The highest BCUT2D eigenvalue weighted by molar-refractivity contribution is 7.80. The van der Waals surface area contributed by atoms with Crippen molar-refractivity contribution in [3.63, 3.8) is 0 Å². The molecule has 0 saturated carbocycles. The zero-order valence-electron chi connectivity index (χ0n) is 17.9. The average Bonchev–Trinajstić information content (AvgIpc) is 2.69. The number of hydrogen-bond acceptors (Lipinski definition) is 4. The highest BCUT2D eigenvalue weighted by Crippen LogP contribution is 2.52. The Morgan fingerprint density at radius 1 is 1.27 bits per heavy atom. The van der Waals surface area contributed by atoms with Gasteiger partial charge in [0.2, 0.25) is 5.91 Å². The normalized spacial score (nSPS) is 24.4. The monoisotopic (exact) mass is 425 g/mol. The Labute approximate surface area is 182 Å². The van der Waals surface area contributed by atoms with Crippen LogP contribution in [0.2, 0.25) is 0 Å². The van der Waals surface area contributed by atoms with Crippen LogP contribution >= 0.6 is 12.2 Å². The Hall–Kier alpha value is -2.80. The van der Waals surface area contributed by atoms with E-state index in [0.29, 0.717) is 23.2 Å². The number of fused-ring (bicyclic) bond motifs is 4. The van der Waals surface area contributed by atoms with E-state index in [-0.39, 0.29) is 11.9 Å². The third kappa shape index (κ3) is 3.08. The van der Waals surface area contributed by atoms with Gasteiger partial charge in [0.1, 0.15) is 5.92 Å². The summed E-state index contributed by atoms with van der Waals surface area (Å²) in [6.07, 6.45) is 0. The maximum atomic E-state index is 13.4. The Bertz CT molecular complexity index is 992. The van der Waals surface area contributed by atoms with Crippen molar-refractivity contribution in [3.8, 4) is 11.5 Å². The van der Waals surface area contributed by atoms with Crippen molar-refractivity contribution in [2.75, 3.05) is 25.6 Å². The highest BCUT2D eigenvalue weighted by Gasteiger charge is 2.59. The number of carbonyl (C=O) groups is 1. The van der Waals surface area contributed by atoms with Crippen molar-refractivity contribution in [3.05, 3.63) is 53.6 Å². The molecule has 2 aliphatic rings. The lowest BCUT2D eigenvalue weighted by Gasteiger charge is -2.56. The molecule has 1 fully saturated rings. The molecular formula is C23H27N3O3S. The van der Waals surface area contributed by atoms with Crippen LogP contribution in [0.1, 0.15) is 31.0 Å². The molecule has 7 heteroatoms. The van der Waals surface area contributed by atoms with E-state index in [0.717, 1.165) is 16.8 Å². The van der Waals surface area contributed by atoms with Crippen LogP contribution < -0.4 is 19.7 Å². The average molecular weight is 426 g/mol. The molecular weight excluding hydrogens is 398 g/mol. The van der Waals surface area contributed by atoms with Gasteiger partial charge in [-0.25, -0.2) is 0 Å². The topological polar surface area (TPSA) is 54.0 Å². The first-order chi connectivity index (χ1) is 14.3. The molecule has 6 nitrogen and oxygen atoms in total. The summed E-state index contributed by atoms with van der Waals surface area (Å²) in [6, 6.07) is 13.5. The lowest BCUT2D eigenvalue weighted by atomic mass is 9.78. The fraction of sp³-hybridized carbons (Fsp3) is 0.391. The third-order valence-electron chi connectivity index (χ3n) is 5.79. The molecule has 158 valence electrons. The minimum atomic E-state index is -1.02. The Morgan fingerprint density at radius 3 is 2.60 bits per heavy atom. The zero-order chi connectivity index (χ0) is 21.6. The molecule has 1 N–H and O–H groups in total. The zero-order valence-corrected chi connectivity index (χ0v) is 18.7. The second-order valence-electron chi connectivity index (χ2n) is 8.07. The van der Waals surface area contributed by atoms with Crippen molar-refractivity contribution in [2.24, 2.45) is 5.92 Å². The molecule has 3 unspecified atom stereocenters. The van der Waals surface area contributed by atoms with Crippen LogP contribution in [-0.4, -0.2) is 42.3 Å². The summed E-state index contributed by atoms with van der Waals surface area (Å²) in [5.41, 5.74) is 1.87. The van der Waals surface area contributed by atoms with Crippen molar-refractivity contribution >= 4 is 28.9 Å². The first kappa shape index (κ1) is 20.5. The number of thiocarbonyl (C=S) groups is 1. The molecule has 0 radical (unpaired) electrons. The number of para-hydroxylation sites is 1. The number of benzene rings is 2. The van der Waals surface area contributed by atoms with Crippen LogP contribution in [0.3, 0.4) is 0 Å². The fourth-order valence-corrected chi connectivity index (χ4v) is 4.79. The van der Waals surface area contributed by atoms with E-state index in [1.807, 2.05) is 68.1 Å². The SMILES string of the molecule is CCOc1cccc2c1OC1(C)C(C(=O)N(C)C)C2NC(=S)N1c1ccc(C)cc1. The van der Waals surface area contributed by atoms with Gasteiger partial charge in [0.15, 0.2) is 22.3 Å². The number of aryl methyl sites for hydroxylation is 1. The van der Waals surface area contributed by atoms with E-state index in [2.05, 4.69) is 5.32 Å². The van der Waals surface area contributed by atoms with Gasteiger partial charge in [-0.15, -0.1) is 0 Å². The molecule has 2 bridgehead atoms. The highest BCUT2D eigenvalue weighted by atomic mass is 32.1. The predicted octanol–water partition coefficient (Wildman–Crippen LogP) is 3.64. The van der Waals surface area contributed by atoms with Crippen molar-refractivity contribution in [1.29, 1.82) is 0 Å². The van der Waals surface area contributed by atoms with Crippen LogP contribution in [0.5, 0.6) is 11.5 Å². The van der Waals surface area contributed by atoms with Crippen molar-refractivity contribution in [1.82, 2.24) is 10.2 Å². The van der Waals surface area contributed by atoms with Gasteiger partial charge in [0.05, 0.1) is 12.6 Å². The lowest BCUT2D eigenvalue weighted by Crippen LogP contribution is -2.72. The van der Waals surface area contributed by atoms with Crippen LogP contribution in [-0.2, 0) is 4.79 Å². The van der Waals surface area contributed by atoms with Gasteiger partial charge in [0, 0.05) is 25.3 Å². The second-order valence-corrected chi connectivity index (χ2v) is 8.46. The summed E-state index contributed by atoms with van der Waals surface area (Å²) >= 11 is 5.77. The van der Waals surface area contributed by atoms with E-state index in [4.69, 9.17) is 21.7 Å². The minimum Gasteiger partial charge on any atom is -0.490 e. The summed E-state index contributed by atoms with van der Waals surface area (Å²) < 4.78 is 12.5. The van der Waals surface area contributed by atoms with Crippen molar-refractivity contribution in [2.45, 2.75) is 32.5 Å². The lowest BCUT2D eigenvalue weighted by molar-refractivity contribution is -0.144. The van der Waals surface area contributed by atoms with Gasteiger partial charge in [0.25, 0.3) is 0 Å². The van der Waals surface area contributed by atoms with Crippen LogP contribution in [0.15, 0.2) is 42.5 Å². The van der Waals surface area contributed by atoms with Crippen molar-refractivity contribution < 1.29 is 14.3 Å². The molecule has 3 atom stereocenters. The molecule has 2 aromatic carbocycles. The quantitative estimate of drug-likeness (QED) is 0.755. The summed E-state index contributed by atoms with van der Waals surface area (Å²) in [5.74, 6) is 0.786. The molecule has 2 aliphatic heterocycles. The van der Waals surface area contributed by atoms with Gasteiger partial charge in [-0.2, -0.15) is 0 Å². The standard InChI is InChI=1S/C23H27N3O3S/c1-6-28-17-9-7-8-16-19-18(21(27)25(4)5)23(3,29-20(16)17)26(22(30)24-19)15-12-10-14(2)11-13-15/h7-13,18-19H,6H2,1-5H3,(H,24,30). The third-order valence-corrected chi connectivity index (χ3v) is 6.09. The van der Waals surface area contributed by atoms with E-state index in [9.17, 15) is 4.79 Å². The van der Waals surface area contributed by atoms with E-state index >= 15 is 0 Å². The number of carbonyl (C=O) groups excluding carboxylic acids is 1. The fourth-order valence-electron chi connectivity index (χ4n) is 4.38. The Kier molecular flexibility index (Phi) is 5.10. The Morgan fingerprint density at radius 2 is 1.97 bits per heavy atom. The number of hydrogen-bond donors (Lipinski definition) is 1. The summed E-state index contributed by atoms with van der Waals surface area (Å²) in [7, 11) is 3.53. The first-order valence-corrected chi connectivity index (χ1v) is 10.5. The van der Waals surface area contributed by atoms with Crippen LogP contribution in [0.25, 0.3) is 0 Å². The largest absolute Gasteiger partial charge is 0.490 e. The number of nitrogens with one attached hydrogen (secondary N) is 1. The van der Waals surface area contributed by atoms with Crippen LogP contribution in [0, 0.1) is 12.8 Å². The summed E-state index contributed by atoms with van der Waals surface area (Å²) in [5, 5.41) is 3.95.